The molecule has 0 aliphatic carbocycles. The first-order valence-corrected chi connectivity index (χ1v) is 9.02. The third kappa shape index (κ3) is 5.20. The average molecular weight is 374 g/mol. The fraction of sp³-hybridized carbons (Fsp3) is 0.300. The molecule has 1 aromatic carbocycles. The van der Waals surface area contributed by atoms with Crippen LogP contribution < -0.4 is 9.47 Å². The molecule has 5 nitrogen and oxygen atoms in total. The Balaban J connectivity index is 1.95. The number of ketones is 1. The Labute approximate surface area is 157 Å². The molecule has 0 unspecified atom stereocenters. The van der Waals surface area contributed by atoms with Crippen molar-refractivity contribution in [3.63, 3.8) is 0 Å². The van der Waals surface area contributed by atoms with Crippen LogP contribution in [0.15, 0.2) is 30.3 Å². The first-order valence-electron chi connectivity index (χ1n) is 8.20. The van der Waals surface area contributed by atoms with Crippen LogP contribution in [0.3, 0.4) is 0 Å². The fourth-order valence-corrected chi connectivity index (χ4v) is 3.34. The smallest absolute Gasteiger partial charge is 0.331 e. The molecule has 2 rings (SSSR count). The van der Waals surface area contributed by atoms with Crippen LogP contribution in [0.1, 0.15) is 32.6 Å². The second-order valence-electron chi connectivity index (χ2n) is 5.53. The Bertz CT molecular complexity index is 820. The maximum atomic E-state index is 12.1. The molecular formula is C20H22O5S. The van der Waals surface area contributed by atoms with Gasteiger partial charge in [-0.05, 0) is 50.6 Å². The van der Waals surface area contributed by atoms with Gasteiger partial charge in [0.1, 0.15) is 0 Å². The maximum absolute atomic E-state index is 12.1. The van der Waals surface area contributed by atoms with E-state index in [0.717, 1.165) is 15.3 Å². The number of aryl methyl sites for hydroxylation is 2. The molecule has 0 radical (unpaired) electrons. The van der Waals surface area contributed by atoms with Gasteiger partial charge in [0.2, 0.25) is 5.78 Å². The van der Waals surface area contributed by atoms with E-state index in [1.165, 1.54) is 6.08 Å². The van der Waals surface area contributed by atoms with Crippen molar-refractivity contribution in [1.82, 2.24) is 0 Å². The topological polar surface area (TPSA) is 61.8 Å². The van der Waals surface area contributed by atoms with E-state index in [4.69, 9.17) is 14.2 Å². The van der Waals surface area contributed by atoms with E-state index in [1.807, 2.05) is 26.8 Å². The fourth-order valence-electron chi connectivity index (χ4n) is 2.40. The van der Waals surface area contributed by atoms with Gasteiger partial charge in [-0.25, -0.2) is 4.79 Å². The van der Waals surface area contributed by atoms with Crippen LogP contribution in [0.5, 0.6) is 11.5 Å². The molecule has 0 amide bonds. The van der Waals surface area contributed by atoms with Crippen molar-refractivity contribution in [3.05, 3.63) is 51.2 Å². The third-order valence-corrected chi connectivity index (χ3v) is 4.55. The van der Waals surface area contributed by atoms with Gasteiger partial charge in [0.25, 0.3) is 0 Å². The van der Waals surface area contributed by atoms with Gasteiger partial charge < -0.3 is 14.2 Å². The Morgan fingerprint density at radius 3 is 2.54 bits per heavy atom. The molecule has 6 heteroatoms. The minimum atomic E-state index is -0.573. The summed E-state index contributed by atoms with van der Waals surface area (Å²) in [6.07, 6.45) is 2.89. The molecule has 0 spiro atoms. The lowest BCUT2D eigenvalue weighted by Gasteiger charge is -2.09. The van der Waals surface area contributed by atoms with Gasteiger partial charge in [0.15, 0.2) is 18.1 Å². The predicted octanol–water partition coefficient (Wildman–Crippen LogP) is 4.21. The number of methoxy groups -OCH3 is 1. The molecule has 26 heavy (non-hydrogen) atoms. The number of carbonyl (C=O) groups excluding carboxylic acids is 2. The molecule has 0 fully saturated rings. The van der Waals surface area contributed by atoms with Crippen molar-refractivity contribution in [2.24, 2.45) is 0 Å². The van der Waals surface area contributed by atoms with E-state index in [-0.39, 0.29) is 12.4 Å². The van der Waals surface area contributed by atoms with Crippen LogP contribution >= 0.6 is 11.3 Å². The largest absolute Gasteiger partial charge is 0.493 e. The van der Waals surface area contributed by atoms with Gasteiger partial charge in [-0.1, -0.05) is 6.07 Å². The number of hydrogen-bond acceptors (Lipinski definition) is 6. The summed E-state index contributed by atoms with van der Waals surface area (Å²) in [5.74, 6) is 0.453. The van der Waals surface area contributed by atoms with Crippen LogP contribution in [-0.2, 0) is 9.53 Å². The molecule has 0 bridgehead atoms. The minimum Gasteiger partial charge on any atom is -0.493 e. The molecule has 0 atom stereocenters. The van der Waals surface area contributed by atoms with E-state index in [1.54, 1.807) is 42.7 Å². The van der Waals surface area contributed by atoms with Crippen molar-refractivity contribution >= 4 is 29.2 Å². The van der Waals surface area contributed by atoms with E-state index in [2.05, 4.69) is 0 Å². The van der Waals surface area contributed by atoms with Crippen molar-refractivity contribution in [1.29, 1.82) is 0 Å². The molecule has 2 aromatic rings. The summed E-state index contributed by atoms with van der Waals surface area (Å²) in [6, 6.07) is 7.16. The molecule has 0 aliphatic heterocycles. The summed E-state index contributed by atoms with van der Waals surface area (Å²) in [5, 5.41) is 0. The molecule has 138 valence electrons. The second kappa shape index (κ2) is 9.20. The summed E-state index contributed by atoms with van der Waals surface area (Å²) >= 11 is 1.55. The molecule has 0 N–H and O–H groups in total. The highest BCUT2D eigenvalue weighted by Crippen LogP contribution is 2.28. The summed E-state index contributed by atoms with van der Waals surface area (Å²) in [5.41, 5.74) is 1.37. The Morgan fingerprint density at radius 2 is 1.92 bits per heavy atom. The monoisotopic (exact) mass is 374 g/mol. The highest BCUT2D eigenvalue weighted by Gasteiger charge is 2.13. The summed E-state index contributed by atoms with van der Waals surface area (Å²) in [4.78, 5) is 26.0. The van der Waals surface area contributed by atoms with Crippen LogP contribution in [0.4, 0.5) is 0 Å². The average Bonchev–Trinajstić information content (AvgIpc) is 2.97. The number of benzene rings is 1. The highest BCUT2D eigenvalue weighted by atomic mass is 32.1. The predicted molar refractivity (Wildman–Crippen MR) is 102 cm³/mol. The van der Waals surface area contributed by atoms with Crippen LogP contribution in [0.25, 0.3) is 6.08 Å². The summed E-state index contributed by atoms with van der Waals surface area (Å²) in [7, 11) is 1.55. The maximum Gasteiger partial charge on any atom is 0.331 e. The van der Waals surface area contributed by atoms with Crippen LogP contribution in [-0.4, -0.2) is 32.1 Å². The van der Waals surface area contributed by atoms with Gasteiger partial charge in [-0.2, -0.15) is 0 Å². The molecular weight excluding hydrogens is 352 g/mol. The standard InChI is InChI=1S/C20H22O5S/c1-5-24-18-8-6-15(11-19(18)23-4)7-9-20(22)25-12-17(21)16-10-13(2)26-14(16)3/h6-11H,5,12H2,1-4H3/b9-7+. The van der Waals surface area contributed by atoms with Crippen LogP contribution in [0.2, 0.25) is 0 Å². The van der Waals surface area contributed by atoms with Crippen molar-refractivity contribution in [2.75, 3.05) is 20.3 Å². The lowest BCUT2D eigenvalue weighted by molar-refractivity contribution is -0.136. The lowest BCUT2D eigenvalue weighted by Crippen LogP contribution is -2.12. The van der Waals surface area contributed by atoms with E-state index >= 15 is 0 Å². The van der Waals surface area contributed by atoms with E-state index in [0.29, 0.717) is 23.7 Å². The number of thiophene rings is 1. The van der Waals surface area contributed by atoms with Gasteiger partial charge >= 0.3 is 5.97 Å². The van der Waals surface area contributed by atoms with Gasteiger partial charge in [0, 0.05) is 21.4 Å². The Kier molecular flexibility index (Phi) is 6.97. The number of Topliss-reactive ketones (excluding diaryl/α,β-unsaturated/α-hetero) is 1. The van der Waals surface area contributed by atoms with E-state index in [9.17, 15) is 9.59 Å². The second-order valence-corrected chi connectivity index (χ2v) is 6.99. The number of carbonyl (C=O) groups is 2. The number of rotatable bonds is 8. The van der Waals surface area contributed by atoms with Gasteiger partial charge in [-0.15, -0.1) is 11.3 Å². The van der Waals surface area contributed by atoms with Crippen molar-refractivity contribution in [2.45, 2.75) is 20.8 Å². The third-order valence-electron chi connectivity index (χ3n) is 3.59. The lowest BCUT2D eigenvalue weighted by atomic mass is 10.2. The van der Waals surface area contributed by atoms with Gasteiger partial charge in [0.05, 0.1) is 13.7 Å². The molecule has 1 heterocycles. The van der Waals surface area contributed by atoms with Crippen molar-refractivity contribution in [3.8, 4) is 11.5 Å². The Morgan fingerprint density at radius 1 is 1.15 bits per heavy atom. The minimum absolute atomic E-state index is 0.198. The quantitative estimate of drug-likeness (QED) is 0.393. The molecule has 0 saturated carbocycles. The molecule has 0 saturated heterocycles. The zero-order chi connectivity index (χ0) is 19.1. The Hall–Kier alpha value is -2.60. The zero-order valence-corrected chi connectivity index (χ0v) is 16.1. The normalized spacial score (nSPS) is 10.8. The number of hydrogen-bond donors (Lipinski definition) is 0. The van der Waals surface area contributed by atoms with Crippen molar-refractivity contribution < 1.29 is 23.8 Å². The first-order chi connectivity index (χ1) is 12.4. The molecule has 0 aliphatic rings. The summed E-state index contributed by atoms with van der Waals surface area (Å²) in [6.45, 7) is 5.98. The zero-order valence-electron chi connectivity index (χ0n) is 15.3. The molecule has 1 aromatic heterocycles. The highest BCUT2D eigenvalue weighted by molar-refractivity contribution is 7.12. The SMILES string of the molecule is CCOc1ccc(/C=C/C(=O)OCC(=O)c2cc(C)sc2C)cc1OC. The van der Waals surface area contributed by atoms with Gasteiger partial charge in [-0.3, -0.25) is 4.79 Å². The number of esters is 1. The number of ether oxygens (including phenoxy) is 3. The first kappa shape index (κ1) is 19.7. The summed E-state index contributed by atoms with van der Waals surface area (Å²) < 4.78 is 15.8. The van der Waals surface area contributed by atoms with Crippen LogP contribution in [0, 0.1) is 13.8 Å². The van der Waals surface area contributed by atoms with E-state index < -0.39 is 5.97 Å².